The van der Waals surface area contributed by atoms with Crippen LogP contribution in [0.2, 0.25) is 0 Å². The molecule has 2 heteroatoms. The van der Waals surface area contributed by atoms with E-state index in [1.54, 1.807) is 12.1 Å². The molecule has 69 valence electrons. The SMILES string of the molecule is [CH]=CC(O)CCc1ccc(F)cc1. The maximum atomic E-state index is 12.5. The fourth-order valence-corrected chi connectivity index (χ4v) is 1.06. The Morgan fingerprint density at radius 2 is 2.00 bits per heavy atom. The fourth-order valence-electron chi connectivity index (χ4n) is 1.06. The molecule has 1 aromatic carbocycles. The van der Waals surface area contributed by atoms with Gasteiger partial charge in [-0.25, -0.2) is 4.39 Å². The molecule has 13 heavy (non-hydrogen) atoms. The van der Waals surface area contributed by atoms with Crippen molar-refractivity contribution in [2.75, 3.05) is 0 Å². The van der Waals surface area contributed by atoms with Crippen LogP contribution in [0.4, 0.5) is 4.39 Å². The molecule has 0 aromatic heterocycles. The van der Waals surface area contributed by atoms with E-state index in [1.807, 2.05) is 0 Å². The summed E-state index contributed by atoms with van der Waals surface area (Å²) in [6, 6.07) is 6.24. The Kier molecular flexibility index (Phi) is 3.65. The highest BCUT2D eigenvalue weighted by Crippen LogP contribution is 2.07. The van der Waals surface area contributed by atoms with Gasteiger partial charge in [-0.15, -0.1) is 0 Å². The highest BCUT2D eigenvalue weighted by atomic mass is 19.1. The van der Waals surface area contributed by atoms with E-state index in [4.69, 9.17) is 11.7 Å². The van der Waals surface area contributed by atoms with Crippen molar-refractivity contribution in [3.05, 3.63) is 48.3 Å². The lowest BCUT2D eigenvalue weighted by Crippen LogP contribution is -2.03. The van der Waals surface area contributed by atoms with E-state index in [0.717, 1.165) is 5.56 Å². The number of aryl methyl sites for hydroxylation is 1. The van der Waals surface area contributed by atoms with Crippen molar-refractivity contribution in [1.82, 2.24) is 0 Å². The number of rotatable bonds is 4. The van der Waals surface area contributed by atoms with E-state index in [1.165, 1.54) is 18.2 Å². The molecule has 1 aromatic rings. The van der Waals surface area contributed by atoms with Gasteiger partial charge in [0, 0.05) is 0 Å². The summed E-state index contributed by atoms with van der Waals surface area (Å²) in [5.74, 6) is -0.241. The van der Waals surface area contributed by atoms with Gasteiger partial charge in [0.05, 0.1) is 6.10 Å². The van der Waals surface area contributed by atoms with Gasteiger partial charge in [0.15, 0.2) is 0 Å². The third-order valence-electron chi connectivity index (χ3n) is 1.86. The average Bonchev–Trinajstić information content (AvgIpc) is 2.16. The van der Waals surface area contributed by atoms with E-state index in [9.17, 15) is 4.39 Å². The van der Waals surface area contributed by atoms with E-state index < -0.39 is 6.10 Å². The monoisotopic (exact) mass is 179 g/mol. The molecular weight excluding hydrogens is 167 g/mol. The first kappa shape index (κ1) is 9.93. The molecule has 0 amide bonds. The lowest BCUT2D eigenvalue weighted by molar-refractivity contribution is 0.213. The Hall–Kier alpha value is -1.15. The third kappa shape index (κ3) is 3.38. The van der Waals surface area contributed by atoms with Crippen molar-refractivity contribution in [2.45, 2.75) is 18.9 Å². The van der Waals surface area contributed by atoms with Crippen LogP contribution in [0, 0.1) is 12.4 Å². The smallest absolute Gasteiger partial charge is 0.123 e. The topological polar surface area (TPSA) is 20.2 Å². The van der Waals surface area contributed by atoms with Gasteiger partial charge < -0.3 is 5.11 Å². The fraction of sp³-hybridized carbons (Fsp3) is 0.273. The second-order valence-electron chi connectivity index (χ2n) is 2.92. The molecule has 0 aliphatic rings. The molecule has 1 nitrogen and oxygen atoms in total. The molecule has 0 spiro atoms. The average molecular weight is 179 g/mol. The van der Waals surface area contributed by atoms with Crippen molar-refractivity contribution in [3.8, 4) is 0 Å². The Morgan fingerprint density at radius 1 is 1.38 bits per heavy atom. The number of aliphatic hydroxyl groups excluding tert-OH is 1. The lowest BCUT2D eigenvalue weighted by atomic mass is 10.1. The first-order valence-corrected chi connectivity index (χ1v) is 4.20. The second kappa shape index (κ2) is 4.77. The Bertz CT molecular complexity index is 266. The first-order chi connectivity index (χ1) is 6.22. The largest absolute Gasteiger partial charge is 0.389 e. The van der Waals surface area contributed by atoms with E-state index >= 15 is 0 Å². The van der Waals surface area contributed by atoms with Crippen LogP contribution in [0.25, 0.3) is 0 Å². The van der Waals surface area contributed by atoms with Crippen molar-refractivity contribution in [1.29, 1.82) is 0 Å². The van der Waals surface area contributed by atoms with Gasteiger partial charge in [0.25, 0.3) is 0 Å². The maximum Gasteiger partial charge on any atom is 0.123 e. The molecule has 1 unspecified atom stereocenters. The van der Waals surface area contributed by atoms with Gasteiger partial charge in [-0.1, -0.05) is 24.8 Å². The summed E-state index contributed by atoms with van der Waals surface area (Å²) < 4.78 is 12.5. The van der Waals surface area contributed by atoms with E-state index in [-0.39, 0.29) is 5.82 Å². The highest BCUT2D eigenvalue weighted by Gasteiger charge is 1.99. The highest BCUT2D eigenvalue weighted by molar-refractivity contribution is 5.16. The van der Waals surface area contributed by atoms with Crippen molar-refractivity contribution in [2.24, 2.45) is 0 Å². The molecule has 0 aliphatic carbocycles. The summed E-state index contributed by atoms with van der Waals surface area (Å²) >= 11 is 0. The van der Waals surface area contributed by atoms with Crippen LogP contribution in [0.3, 0.4) is 0 Å². The van der Waals surface area contributed by atoms with Crippen LogP contribution in [-0.4, -0.2) is 11.2 Å². The second-order valence-corrected chi connectivity index (χ2v) is 2.92. The molecule has 1 radical (unpaired) electrons. The zero-order chi connectivity index (χ0) is 9.68. The number of hydrogen-bond donors (Lipinski definition) is 1. The molecule has 0 saturated carbocycles. The molecule has 0 fully saturated rings. The summed E-state index contributed by atoms with van der Waals surface area (Å²) in [5.41, 5.74) is 1.00. The van der Waals surface area contributed by atoms with Gasteiger partial charge in [-0.05, 0) is 30.5 Å². The lowest BCUT2D eigenvalue weighted by Gasteiger charge is -2.04. The standard InChI is InChI=1S/C11H12FO/c1-2-11(13)8-5-9-3-6-10(12)7-4-9/h1-4,6-7,11,13H,5,8H2. The number of benzene rings is 1. The molecule has 1 atom stereocenters. The van der Waals surface area contributed by atoms with Gasteiger partial charge in [0.1, 0.15) is 5.82 Å². The molecule has 0 aliphatic heterocycles. The van der Waals surface area contributed by atoms with Crippen LogP contribution in [0.5, 0.6) is 0 Å². The molecule has 0 saturated heterocycles. The normalized spacial score (nSPS) is 12.5. The predicted octanol–water partition coefficient (Wildman–Crippen LogP) is 2.11. The van der Waals surface area contributed by atoms with Crippen molar-refractivity contribution >= 4 is 0 Å². The van der Waals surface area contributed by atoms with E-state index in [2.05, 4.69) is 0 Å². The Balaban J connectivity index is 2.45. The van der Waals surface area contributed by atoms with Gasteiger partial charge in [0.2, 0.25) is 0 Å². The van der Waals surface area contributed by atoms with Crippen LogP contribution in [0.15, 0.2) is 30.3 Å². The summed E-state index contributed by atoms with van der Waals surface area (Å²) in [5, 5.41) is 9.12. The van der Waals surface area contributed by atoms with Gasteiger partial charge in [-0.3, -0.25) is 0 Å². The minimum atomic E-state index is -0.579. The number of halogens is 1. The zero-order valence-corrected chi connectivity index (χ0v) is 7.28. The molecule has 1 rings (SSSR count). The van der Waals surface area contributed by atoms with Crippen LogP contribution >= 0.6 is 0 Å². The first-order valence-electron chi connectivity index (χ1n) is 4.20. The van der Waals surface area contributed by atoms with Crippen LogP contribution < -0.4 is 0 Å². The Labute approximate surface area is 77.5 Å². The van der Waals surface area contributed by atoms with E-state index in [0.29, 0.717) is 12.8 Å². The van der Waals surface area contributed by atoms with Crippen LogP contribution in [-0.2, 0) is 6.42 Å². The Morgan fingerprint density at radius 3 is 2.54 bits per heavy atom. The molecule has 0 heterocycles. The predicted molar refractivity (Wildman–Crippen MR) is 49.6 cm³/mol. The maximum absolute atomic E-state index is 12.5. The molecule has 1 N–H and O–H groups in total. The van der Waals surface area contributed by atoms with Gasteiger partial charge in [-0.2, -0.15) is 0 Å². The van der Waals surface area contributed by atoms with Crippen molar-refractivity contribution in [3.63, 3.8) is 0 Å². The third-order valence-corrected chi connectivity index (χ3v) is 1.86. The number of hydrogen-bond acceptors (Lipinski definition) is 1. The molecular formula is C11H12FO. The quantitative estimate of drug-likeness (QED) is 0.750. The number of aliphatic hydroxyl groups is 1. The van der Waals surface area contributed by atoms with Gasteiger partial charge >= 0.3 is 0 Å². The minimum absolute atomic E-state index is 0.241. The summed E-state index contributed by atoms with van der Waals surface area (Å²) in [6.07, 6.45) is 1.95. The zero-order valence-electron chi connectivity index (χ0n) is 7.28. The van der Waals surface area contributed by atoms with Crippen LogP contribution in [0.1, 0.15) is 12.0 Å². The summed E-state index contributed by atoms with van der Waals surface area (Å²) in [4.78, 5) is 0. The summed E-state index contributed by atoms with van der Waals surface area (Å²) in [7, 11) is 0. The minimum Gasteiger partial charge on any atom is -0.389 e. The summed E-state index contributed by atoms with van der Waals surface area (Å²) in [6.45, 7) is 5.13. The molecule has 0 bridgehead atoms. The van der Waals surface area contributed by atoms with Crippen molar-refractivity contribution < 1.29 is 9.50 Å².